The highest BCUT2D eigenvalue weighted by molar-refractivity contribution is 6.02. The Morgan fingerprint density at radius 3 is 2.62 bits per heavy atom. The van der Waals surface area contributed by atoms with Crippen molar-refractivity contribution in [2.75, 3.05) is 11.9 Å². The number of hydrazine groups is 1. The number of amides is 2. The van der Waals surface area contributed by atoms with E-state index in [2.05, 4.69) is 10.7 Å². The van der Waals surface area contributed by atoms with Crippen LogP contribution in [0.5, 0.6) is 5.75 Å². The third kappa shape index (κ3) is 3.74. The predicted octanol–water partition coefficient (Wildman–Crippen LogP) is 3.80. The summed E-state index contributed by atoms with van der Waals surface area (Å²) in [6.45, 7) is 3.79. The Labute approximate surface area is 169 Å². The zero-order valence-electron chi connectivity index (χ0n) is 16.4. The van der Waals surface area contributed by atoms with Crippen molar-refractivity contribution in [3.05, 3.63) is 72.3 Å². The van der Waals surface area contributed by atoms with Crippen LogP contribution >= 0.6 is 0 Å². The topological polar surface area (TPSA) is 70.7 Å². The first kappa shape index (κ1) is 18.8. The number of nitrogens with zero attached hydrogens (tertiary/aromatic N) is 1. The molecule has 0 fully saturated rings. The zero-order valence-corrected chi connectivity index (χ0v) is 16.4. The molecule has 0 radical (unpaired) electrons. The maximum absolute atomic E-state index is 12.9. The largest absolute Gasteiger partial charge is 0.483 e. The highest BCUT2D eigenvalue weighted by Gasteiger charge is 2.34. The van der Waals surface area contributed by atoms with Gasteiger partial charge in [0.1, 0.15) is 11.9 Å². The number of hydrogen-bond acceptors (Lipinski definition) is 4. The quantitative estimate of drug-likeness (QED) is 0.696. The van der Waals surface area contributed by atoms with Crippen LogP contribution < -0.4 is 15.5 Å². The van der Waals surface area contributed by atoms with E-state index >= 15 is 0 Å². The van der Waals surface area contributed by atoms with Gasteiger partial charge in [0.25, 0.3) is 11.8 Å². The van der Waals surface area contributed by atoms with E-state index < -0.39 is 5.91 Å². The van der Waals surface area contributed by atoms with E-state index in [1.807, 2.05) is 68.4 Å². The van der Waals surface area contributed by atoms with Crippen LogP contribution in [-0.2, 0) is 4.79 Å². The monoisotopic (exact) mass is 389 g/mol. The lowest BCUT2D eigenvalue weighted by Gasteiger charge is -2.39. The molecule has 1 aliphatic rings. The number of para-hydroxylation sites is 1. The Kier molecular flexibility index (Phi) is 5.08. The van der Waals surface area contributed by atoms with Crippen LogP contribution in [-0.4, -0.2) is 29.6 Å². The van der Waals surface area contributed by atoms with Gasteiger partial charge in [-0.3, -0.25) is 15.0 Å². The number of nitrogens with one attached hydrogen (secondary N) is 2. The average molecular weight is 389 g/mol. The molecule has 3 aromatic rings. The molecule has 1 heterocycles. The molecule has 0 bridgehead atoms. The molecule has 6 nitrogen and oxygen atoms in total. The number of ether oxygens (including phenoxy) is 1. The molecule has 0 aromatic heterocycles. The molecular weight excluding hydrogens is 366 g/mol. The van der Waals surface area contributed by atoms with Gasteiger partial charge >= 0.3 is 0 Å². The van der Waals surface area contributed by atoms with Crippen molar-refractivity contribution in [3.63, 3.8) is 0 Å². The Hall–Kier alpha value is -3.54. The van der Waals surface area contributed by atoms with Crippen molar-refractivity contribution >= 4 is 28.3 Å². The molecule has 1 atom stereocenters. The summed E-state index contributed by atoms with van der Waals surface area (Å²) in [5.41, 5.74) is 4.02. The minimum absolute atomic E-state index is 0.0894. The molecule has 1 unspecified atom stereocenters. The van der Waals surface area contributed by atoms with Crippen LogP contribution in [0.4, 0.5) is 5.69 Å². The molecule has 2 N–H and O–H groups in total. The second-order valence-electron chi connectivity index (χ2n) is 7.35. The molecule has 0 saturated carbocycles. The van der Waals surface area contributed by atoms with Crippen LogP contribution in [0.15, 0.2) is 66.7 Å². The lowest BCUT2D eigenvalue weighted by atomic mass is 10.0. The molecule has 1 aliphatic heterocycles. The smallest absolute Gasteiger partial charge is 0.276 e. The van der Waals surface area contributed by atoms with Crippen molar-refractivity contribution in [3.8, 4) is 5.75 Å². The van der Waals surface area contributed by atoms with Crippen LogP contribution in [0, 0.1) is 5.92 Å². The molecule has 4 rings (SSSR count). The first-order chi connectivity index (χ1) is 14.0. The predicted molar refractivity (Wildman–Crippen MR) is 112 cm³/mol. The van der Waals surface area contributed by atoms with E-state index in [4.69, 9.17) is 4.74 Å². The second-order valence-corrected chi connectivity index (χ2v) is 7.35. The first-order valence-electron chi connectivity index (χ1n) is 9.64. The summed E-state index contributed by atoms with van der Waals surface area (Å²) in [6, 6.07) is 20.8. The normalized spacial score (nSPS) is 15.8. The number of anilines is 1. The lowest BCUT2D eigenvalue weighted by Crippen LogP contribution is -2.59. The summed E-state index contributed by atoms with van der Waals surface area (Å²) in [7, 11) is 0. The Morgan fingerprint density at radius 1 is 1.07 bits per heavy atom. The van der Waals surface area contributed by atoms with Gasteiger partial charge in [0.2, 0.25) is 0 Å². The number of rotatable bonds is 5. The van der Waals surface area contributed by atoms with E-state index in [1.54, 1.807) is 12.1 Å². The molecule has 148 valence electrons. The maximum Gasteiger partial charge on any atom is 0.276 e. The summed E-state index contributed by atoms with van der Waals surface area (Å²) < 4.78 is 5.75. The van der Waals surface area contributed by atoms with Crippen LogP contribution in [0.3, 0.4) is 0 Å². The molecular formula is C23H23N3O3. The third-order valence-electron chi connectivity index (χ3n) is 4.94. The van der Waals surface area contributed by atoms with E-state index in [9.17, 15) is 9.59 Å². The van der Waals surface area contributed by atoms with Gasteiger partial charge in [0.15, 0.2) is 6.61 Å². The van der Waals surface area contributed by atoms with Crippen LogP contribution in [0.2, 0.25) is 0 Å². The Bertz CT molecular complexity index is 1060. The van der Waals surface area contributed by atoms with E-state index in [0.29, 0.717) is 11.3 Å². The molecule has 0 saturated heterocycles. The SMILES string of the molecule is CC(C)C1Nc2ccccc2C(=O)N1NC(=O)COc1cccc2ccccc12. The van der Waals surface area contributed by atoms with Gasteiger partial charge in [-0.2, -0.15) is 0 Å². The fraction of sp³-hybridized carbons (Fsp3) is 0.217. The molecule has 29 heavy (non-hydrogen) atoms. The van der Waals surface area contributed by atoms with Gasteiger partial charge in [-0.15, -0.1) is 0 Å². The standard InChI is InChI=1S/C23H23N3O3/c1-15(2)22-24-19-12-6-5-11-18(19)23(28)26(22)25-21(27)14-29-20-13-7-9-16-8-3-4-10-17(16)20/h3-13,15,22,24H,14H2,1-2H3,(H,25,27). The van der Waals surface area contributed by atoms with Crippen molar-refractivity contribution in [2.24, 2.45) is 5.92 Å². The van der Waals surface area contributed by atoms with Crippen molar-refractivity contribution < 1.29 is 14.3 Å². The summed E-state index contributed by atoms with van der Waals surface area (Å²) in [4.78, 5) is 25.5. The van der Waals surface area contributed by atoms with Crippen molar-refractivity contribution in [1.82, 2.24) is 10.4 Å². The highest BCUT2D eigenvalue weighted by atomic mass is 16.5. The number of carbonyl (C=O) groups is 2. The average Bonchev–Trinajstić information content (AvgIpc) is 2.74. The van der Waals surface area contributed by atoms with Crippen LogP contribution in [0.1, 0.15) is 24.2 Å². The molecule has 6 heteroatoms. The zero-order chi connectivity index (χ0) is 20.4. The van der Waals surface area contributed by atoms with Gasteiger partial charge in [-0.1, -0.05) is 62.4 Å². The molecule has 3 aromatic carbocycles. The Morgan fingerprint density at radius 2 is 1.79 bits per heavy atom. The van der Waals surface area contributed by atoms with Crippen LogP contribution in [0.25, 0.3) is 10.8 Å². The van der Waals surface area contributed by atoms with E-state index in [-0.39, 0.29) is 24.6 Å². The third-order valence-corrected chi connectivity index (χ3v) is 4.94. The van der Waals surface area contributed by atoms with E-state index in [0.717, 1.165) is 16.5 Å². The summed E-state index contributed by atoms with van der Waals surface area (Å²) in [6.07, 6.45) is -0.348. The molecule has 0 spiro atoms. The number of benzene rings is 3. The second kappa shape index (κ2) is 7.83. The van der Waals surface area contributed by atoms with E-state index in [1.165, 1.54) is 5.01 Å². The fourth-order valence-electron chi connectivity index (χ4n) is 3.49. The molecule has 0 aliphatic carbocycles. The highest BCUT2D eigenvalue weighted by Crippen LogP contribution is 2.27. The fourth-order valence-corrected chi connectivity index (χ4v) is 3.49. The van der Waals surface area contributed by atoms with Gasteiger partial charge in [0.05, 0.1) is 5.56 Å². The minimum atomic E-state index is -0.391. The van der Waals surface area contributed by atoms with Crippen molar-refractivity contribution in [1.29, 1.82) is 0 Å². The minimum Gasteiger partial charge on any atom is -0.483 e. The first-order valence-corrected chi connectivity index (χ1v) is 9.64. The maximum atomic E-state index is 12.9. The summed E-state index contributed by atoms with van der Waals surface area (Å²) in [5, 5.41) is 6.67. The lowest BCUT2D eigenvalue weighted by molar-refractivity contribution is -0.128. The number of hydrogen-bond donors (Lipinski definition) is 2. The van der Waals surface area contributed by atoms with Gasteiger partial charge in [0, 0.05) is 11.1 Å². The molecule has 2 amide bonds. The Balaban J connectivity index is 1.49. The number of carbonyl (C=O) groups excluding carboxylic acids is 2. The van der Waals surface area contributed by atoms with Gasteiger partial charge < -0.3 is 10.1 Å². The summed E-state index contributed by atoms with van der Waals surface area (Å²) >= 11 is 0. The summed E-state index contributed by atoms with van der Waals surface area (Å²) in [5.74, 6) is 0.0911. The van der Waals surface area contributed by atoms with Crippen molar-refractivity contribution in [2.45, 2.75) is 20.0 Å². The number of fused-ring (bicyclic) bond motifs is 2. The van der Waals surface area contributed by atoms with Gasteiger partial charge in [-0.05, 0) is 29.5 Å². The van der Waals surface area contributed by atoms with Gasteiger partial charge in [-0.25, -0.2) is 5.01 Å².